The third kappa shape index (κ3) is 1.69. The van der Waals surface area contributed by atoms with Crippen molar-refractivity contribution in [3.63, 3.8) is 0 Å². The van der Waals surface area contributed by atoms with E-state index in [0.29, 0.717) is 5.69 Å². The molecule has 1 aromatic heterocycles. The quantitative estimate of drug-likeness (QED) is 0.673. The van der Waals surface area contributed by atoms with Gasteiger partial charge in [0.25, 0.3) is 0 Å². The normalized spacial score (nSPS) is 20.9. The fourth-order valence-electron chi connectivity index (χ4n) is 1.81. The Kier molecular flexibility index (Phi) is 2.36. The van der Waals surface area contributed by atoms with Gasteiger partial charge in [-0.05, 0) is 24.5 Å². The van der Waals surface area contributed by atoms with Crippen LogP contribution in [0.2, 0.25) is 0 Å². The fourth-order valence-corrected chi connectivity index (χ4v) is 1.81. The highest BCUT2D eigenvalue weighted by Crippen LogP contribution is 2.22. The molecule has 1 aliphatic rings. The van der Waals surface area contributed by atoms with Crippen molar-refractivity contribution < 1.29 is 0 Å². The molecule has 1 atom stereocenters. The maximum Gasteiger partial charge on any atom is 0.140 e. The summed E-state index contributed by atoms with van der Waals surface area (Å²) in [4.78, 5) is 6.38. The van der Waals surface area contributed by atoms with E-state index in [1.54, 1.807) is 12.3 Å². The molecule has 3 heteroatoms. The van der Waals surface area contributed by atoms with Crippen molar-refractivity contribution in [1.29, 1.82) is 5.26 Å². The van der Waals surface area contributed by atoms with Crippen molar-refractivity contribution in [2.24, 2.45) is 5.92 Å². The summed E-state index contributed by atoms with van der Waals surface area (Å²) in [5.74, 6) is 0.769. The first-order valence-electron chi connectivity index (χ1n) is 4.90. The van der Waals surface area contributed by atoms with Crippen LogP contribution in [0.15, 0.2) is 18.3 Å². The number of nitrogens with zero attached hydrogens (tertiary/aromatic N) is 3. The van der Waals surface area contributed by atoms with Gasteiger partial charge in [-0.25, -0.2) is 4.98 Å². The Labute approximate surface area is 84.0 Å². The Morgan fingerprint density at radius 1 is 1.57 bits per heavy atom. The number of anilines is 1. The molecule has 1 aromatic rings. The third-order valence-electron chi connectivity index (χ3n) is 2.65. The molecule has 0 aliphatic carbocycles. The fraction of sp³-hybridized carbons (Fsp3) is 0.455. The lowest BCUT2D eigenvalue weighted by Crippen LogP contribution is -2.19. The van der Waals surface area contributed by atoms with Gasteiger partial charge in [0.2, 0.25) is 0 Å². The monoisotopic (exact) mass is 187 g/mol. The molecule has 0 radical (unpaired) electrons. The van der Waals surface area contributed by atoms with Crippen LogP contribution in [0.5, 0.6) is 0 Å². The highest BCUT2D eigenvalue weighted by atomic mass is 15.2. The minimum absolute atomic E-state index is 0.487. The van der Waals surface area contributed by atoms with E-state index in [1.807, 2.05) is 12.1 Å². The Hall–Kier alpha value is -1.56. The molecular formula is C11H13N3. The highest BCUT2D eigenvalue weighted by Gasteiger charge is 2.18. The van der Waals surface area contributed by atoms with Crippen LogP contribution in [-0.4, -0.2) is 18.1 Å². The lowest BCUT2D eigenvalue weighted by Gasteiger charge is -2.17. The summed E-state index contributed by atoms with van der Waals surface area (Å²) in [6.45, 7) is 4.47. The molecule has 0 bridgehead atoms. The van der Waals surface area contributed by atoms with Crippen molar-refractivity contribution in [1.82, 2.24) is 4.98 Å². The molecule has 1 saturated heterocycles. The summed E-state index contributed by atoms with van der Waals surface area (Å²) in [7, 11) is 0. The van der Waals surface area contributed by atoms with E-state index >= 15 is 0 Å². The maximum atomic E-state index is 8.61. The molecule has 0 saturated carbocycles. The Bertz CT molecular complexity index is 350. The minimum Gasteiger partial charge on any atom is -0.370 e. The van der Waals surface area contributed by atoms with Crippen molar-refractivity contribution in [3.05, 3.63) is 24.0 Å². The first kappa shape index (κ1) is 9.01. The summed E-state index contributed by atoms with van der Waals surface area (Å²) < 4.78 is 0. The Morgan fingerprint density at radius 2 is 2.43 bits per heavy atom. The van der Waals surface area contributed by atoms with E-state index in [-0.39, 0.29) is 0 Å². The second kappa shape index (κ2) is 3.67. The summed E-state index contributed by atoms with van der Waals surface area (Å²) in [5, 5.41) is 8.61. The standard InChI is InChI=1S/C11H13N3/c1-9-4-5-14(8-9)11-3-2-10(6-12)13-7-11/h2-3,7,9H,4-5,8H2,1H3. The average Bonchev–Trinajstić information content (AvgIpc) is 2.65. The first-order valence-corrected chi connectivity index (χ1v) is 4.90. The van der Waals surface area contributed by atoms with Crippen molar-refractivity contribution >= 4 is 5.69 Å². The number of nitriles is 1. The van der Waals surface area contributed by atoms with Crippen LogP contribution in [0.25, 0.3) is 0 Å². The third-order valence-corrected chi connectivity index (χ3v) is 2.65. The smallest absolute Gasteiger partial charge is 0.140 e. The van der Waals surface area contributed by atoms with Crippen molar-refractivity contribution in [3.8, 4) is 6.07 Å². The minimum atomic E-state index is 0.487. The highest BCUT2D eigenvalue weighted by molar-refractivity contribution is 5.46. The molecule has 1 fully saturated rings. The van der Waals surface area contributed by atoms with E-state index in [4.69, 9.17) is 5.26 Å². The summed E-state index contributed by atoms with van der Waals surface area (Å²) in [5.41, 5.74) is 1.62. The second-order valence-electron chi connectivity index (χ2n) is 3.85. The molecule has 1 unspecified atom stereocenters. The first-order chi connectivity index (χ1) is 6.79. The molecule has 1 aliphatic heterocycles. The zero-order chi connectivity index (χ0) is 9.97. The number of hydrogen-bond acceptors (Lipinski definition) is 3. The molecule has 2 heterocycles. The van der Waals surface area contributed by atoms with Gasteiger partial charge in [-0.15, -0.1) is 0 Å². The SMILES string of the molecule is CC1CCN(c2ccc(C#N)nc2)C1. The second-order valence-corrected chi connectivity index (χ2v) is 3.85. The lowest BCUT2D eigenvalue weighted by molar-refractivity contribution is 0.659. The van der Waals surface area contributed by atoms with Gasteiger partial charge in [0.15, 0.2) is 0 Å². The molecular weight excluding hydrogens is 174 g/mol. The van der Waals surface area contributed by atoms with Crippen molar-refractivity contribution in [2.45, 2.75) is 13.3 Å². The molecule has 3 nitrogen and oxygen atoms in total. The molecule has 0 aromatic carbocycles. The number of aromatic nitrogens is 1. The number of rotatable bonds is 1. The molecule has 0 spiro atoms. The van der Waals surface area contributed by atoms with Crippen LogP contribution < -0.4 is 4.90 Å². The van der Waals surface area contributed by atoms with Crippen LogP contribution in [0, 0.1) is 17.2 Å². The van der Waals surface area contributed by atoms with Gasteiger partial charge in [-0.1, -0.05) is 6.92 Å². The van der Waals surface area contributed by atoms with Gasteiger partial charge in [0.1, 0.15) is 11.8 Å². The van der Waals surface area contributed by atoms with E-state index in [2.05, 4.69) is 16.8 Å². The molecule has 0 amide bonds. The van der Waals surface area contributed by atoms with E-state index < -0.39 is 0 Å². The number of pyridine rings is 1. The van der Waals surface area contributed by atoms with Gasteiger partial charge >= 0.3 is 0 Å². The largest absolute Gasteiger partial charge is 0.370 e. The zero-order valence-corrected chi connectivity index (χ0v) is 8.27. The number of hydrogen-bond donors (Lipinski definition) is 0. The zero-order valence-electron chi connectivity index (χ0n) is 8.27. The summed E-state index contributed by atoms with van der Waals surface area (Å²) in [6.07, 6.45) is 3.04. The predicted molar refractivity (Wildman–Crippen MR) is 54.9 cm³/mol. The Morgan fingerprint density at radius 3 is 2.93 bits per heavy atom. The average molecular weight is 187 g/mol. The lowest BCUT2D eigenvalue weighted by atomic mass is 10.2. The van der Waals surface area contributed by atoms with Crippen LogP contribution in [-0.2, 0) is 0 Å². The maximum absolute atomic E-state index is 8.61. The van der Waals surface area contributed by atoms with E-state index in [0.717, 1.165) is 24.7 Å². The predicted octanol–water partition coefficient (Wildman–Crippen LogP) is 1.80. The molecule has 14 heavy (non-hydrogen) atoms. The van der Waals surface area contributed by atoms with Gasteiger partial charge < -0.3 is 4.90 Å². The van der Waals surface area contributed by atoms with Crippen LogP contribution in [0.4, 0.5) is 5.69 Å². The van der Waals surface area contributed by atoms with Crippen LogP contribution >= 0.6 is 0 Å². The van der Waals surface area contributed by atoms with Crippen LogP contribution in [0.3, 0.4) is 0 Å². The molecule has 72 valence electrons. The molecule has 2 rings (SSSR count). The van der Waals surface area contributed by atoms with E-state index in [9.17, 15) is 0 Å². The summed E-state index contributed by atoms with van der Waals surface area (Å²) in [6, 6.07) is 5.78. The van der Waals surface area contributed by atoms with Gasteiger partial charge in [-0.3, -0.25) is 0 Å². The summed E-state index contributed by atoms with van der Waals surface area (Å²) >= 11 is 0. The van der Waals surface area contributed by atoms with Gasteiger partial charge in [0.05, 0.1) is 11.9 Å². The topological polar surface area (TPSA) is 39.9 Å². The van der Waals surface area contributed by atoms with Gasteiger partial charge in [0, 0.05) is 13.1 Å². The molecule has 0 N–H and O–H groups in total. The van der Waals surface area contributed by atoms with E-state index in [1.165, 1.54) is 6.42 Å². The Balaban J connectivity index is 2.14. The van der Waals surface area contributed by atoms with Crippen LogP contribution in [0.1, 0.15) is 19.0 Å². The van der Waals surface area contributed by atoms with Crippen molar-refractivity contribution in [2.75, 3.05) is 18.0 Å². The van der Waals surface area contributed by atoms with Gasteiger partial charge in [-0.2, -0.15) is 5.26 Å².